The summed E-state index contributed by atoms with van der Waals surface area (Å²) < 4.78 is 11.0. The molecular weight excluding hydrogens is 368 g/mol. The minimum atomic E-state index is -0.497. The van der Waals surface area contributed by atoms with Gasteiger partial charge in [0.05, 0.1) is 28.2 Å². The van der Waals surface area contributed by atoms with Crippen LogP contribution >= 0.6 is 11.6 Å². The van der Waals surface area contributed by atoms with Crippen LogP contribution in [0.15, 0.2) is 36.4 Å². The Hall–Kier alpha value is -3.48. The van der Waals surface area contributed by atoms with Gasteiger partial charge in [0.25, 0.3) is 5.69 Å². The van der Waals surface area contributed by atoms with Crippen molar-refractivity contribution >= 4 is 28.9 Å². The molecule has 0 N–H and O–H groups in total. The number of nitriles is 1. The minimum absolute atomic E-state index is 0.0429. The molecule has 0 aliphatic heterocycles. The maximum Gasteiger partial charge on any atom is 0.269 e. The number of benzene rings is 2. The van der Waals surface area contributed by atoms with E-state index in [4.69, 9.17) is 27.5 Å². The monoisotopic (exact) mass is 382 g/mol. The molecule has 136 valence electrons. The fourth-order valence-electron chi connectivity index (χ4n) is 2.30. The third-order valence-corrected chi connectivity index (χ3v) is 3.73. The van der Waals surface area contributed by atoms with Crippen molar-refractivity contribution in [2.75, 3.05) is 13.2 Å². The highest BCUT2D eigenvalue weighted by Gasteiger charge is 2.13. The third-order valence-electron chi connectivity index (χ3n) is 3.45. The quantitative estimate of drug-likeness (QED) is 0.227. The van der Waals surface area contributed by atoms with Crippen molar-refractivity contribution in [2.24, 2.45) is 0 Å². The van der Waals surface area contributed by atoms with Gasteiger partial charge in [-0.25, -0.2) is 0 Å². The van der Waals surface area contributed by atoms with Crippen LogP contribution in [-0.4, -0.2) is 18.1 Å². The van der Waals surface area contributed by atoms with E-state index in [1.54, 1.807) is 18.2 Å². The first-order chi connectivity index (χ1) is 13.0. The predicted octanol–water partition coefficient (Wildman–Crippen LogP) is 4.72. The summed E-state index contributed by atoms with van der Waals surface area (Å²) in [4.78, 5) is 10.3. The van der Waals surface area contributed by atoms with Crippen molar-refractivity contribution in [3.05, 3.63) is 62.7 Å². The third kappa shape index (κ3) is 5.01. The second-order valence-electron chi connectivity index (χ2n) is 5.23. The molecule has 0 spiro atoms. The Morgan fingerprint density at radius 1 is 1.33 bits per heavy atom. The van der Waals surface area contributed by atoms with Gasteiger partial charge in [-0.3, -0.25) is 10.1 Å². The van der Waals surface area contributed by atoms with Gasteiger partial charge in [-0.15, -0.1) is 6.42 Å². The lowest BCUT2D eigenvalue weighted by atomic mass is 10.0. The van der Waals surface area contributed by atoms with Crippen LogP contribution < -0.4 is 9.47 Å². The largest absolute Gasteiger partial charge is 0.490 e. The summed E-state index contributed by atoms with van der Waals surface area (Å²) >= 11 is 6.27. The number of non-ortho nitro benzene ring substituents is 1. The van der Waals surface area contributed by atoms with Gasteiger partial charge >= 0.3 is 0 Å². The zero-order valence-corrected chi connectivity index (χ0v) is 15.2. The van der Waals surface area contributed by atoms with Crippen LogP contribution in [0.1, 0.15) is 18.1 Å². The first-order valence-electron chi connectivity index (χ1n) is 7.89. The molecule has 0 unspecified atom stereocenters. The van der Waals surface area contributed by atoms with Gasteiger partial charge in [-0.05, 0) is 48.4 Å². The second-order valence-corrected chi connectivity index (χ2v) is 5.64. The first kappa shape index (κ1) is 19.8. The lowest BCUT2D eigenvalue weighted by molar-refractivity contribution is -0.384. The fourth-order valence-corrected chi connectivity index (χ4v) is 2.57. The number of hydrogen-bond donors (Lipinski definition) is 0. The number of nitrogens with zero attached hydrogens (tertiary/aromatic N) is 2. The molecule has 0 heterocycles. The Kier molecular flexibility index (Phi) is 6.82. The van der Waals surface area contributed by atoms with Gasteiger partial charge in [-0.2, -0.15) is 5.26 Å². The summed E-state index contributed by atoms with van der Waals surface area (Å²) in [6.07, 6.45) is 6.82. The van der Waals surface area contributed by atoms with Gasteiger partial charge in [0.15, 0.2) is 11.5 Å². The van der Waals surface area contributed by atoms with Crippen molar-refractivity contribution in [2.45, 2.75) is 6.92 Å². The summed E-state index contributed by atoms with van der Waals surface area (Å²) in [5.74, 6) is 3.11. The Labute approximate surface area is 161 Å². The van der Waals surface area contributed by atoms with Gasteiger partial charge in [0.2, 0.25) is 0 Å². The van der Waals surface area contributed by atoms with E-state index in [0.29, 0.717) is 39.8 Å². The number of ether oxygens (including phenoxy) is 2. The van der Waals surface area contributed by atoms with Crippen LogP contribution in [0.5, 0.6) is 11.5 Å². The summed E-state index contributed by atoms with van der Waals surface area (Å²) in [6, 6.07) is 11.1. The number of rotatable bonds is 7. The van der Waals surface area contributed by atoms with E-state index in [-0.39, 0.29) is 12.3 Å². The Balaban J connectivity index is 2.44. The Bertz CT molecular complexity index is 954. The van der Waals surface area contributed by atoms with E-state index in [1.807, 2.05) is 6.92 Å². The van der Waals surface area contributed by atoms with E-state index in [9.17, 15) is 15.4 Å². The molecule has 27 heavy (non-hydrogen) atoms. The lowest BCUT2D eigenvalue weighted by Gasteiger charge is -2.13. The normalized spacial score (nSPS) is 10.6. The van der Waals surface area contributed by atoms with Crippen molar-refractivity contribution in [1.29, 1.82) is 5.26 Å². The Morgan fingerprint density at radius 2 is 2.04 bits per heavy atom. The maximum absolute atomic E-state index is 10.8. The van der Waals surface area contributed by atoms with Crippen LogP contribution in [0.2, 0.25) is 5.02 Å². The zero-order chi connectivity index (χ0) is 19.8. The molecular formula is C20H15ClN2O4. The van der Waals surface area contributed by atoms with E-state index in [2.05, 4.69) is 12.0 Å². The number of halogens is 1. The molecule has 2 rings (SSSR count). The number of nitro benzene ring substituents is 1. The van der Waals surface area contributed by atoms with Crippen LogP contribution in [0.3, 0.4) is 0 Å². The summed E-state index contributed by atoms with van der Waals surface area (Å²) in [5, 5.41) is 20.5. The van der Waals surface area contributed by atoms with E-state index in [1.165, 1.54) is 24.3 Å². The van der Waals surface area contributed by atoms with Crippen molar-refractivity contribution in [1.82, 2.24) is 0 Å². The van der Waals surface area contributed by atoms with Gasteiger partial charge < -0.3 is 9.47 Å². The molecule has 0 atom stereocenters. The molecule has 6 nitrogen and oxygen atoms in total. The minimum Gasteiger partial charge on any atom is -0.490 e. The first-order valence-corrected chi connectivity index (χ1v) is 8.27. The summed E-state index contributed by atoms with van der Waals surface area (Å²) in [5.41, 5.74) is 1.43. The molecule has 0 aromatic heterocycles. The standard InChI is InChI=1S/C20H15ClN2O4/c1-3-9-27-20-18(21)11-14(12-19(20)26-4-2)10-16(13-22)15-5-7-17(8-6-15)23(24)25/h1,5-8,10-12H,4,9H2,2H3/b16-10-. The lowest BCUT2D eigenvalue weighted by Crippen LogP contribution is -2.00. The van der Waals surface area contributed by atoms with Crippen LogP contribution in [0.25, 0.3) is 11.6 Å². The summed E-state index contributed by atoms with van der Waals surface area (Å²) in [6.45, 7) is 2.25. The maximum atomic E-state index is 10.8. The number of allylic oxidation sites excluding steroid dienone is 1. The summed E-state index contributed by atoms with van der Waals surface area (Å²) in [7, 11) is 0. The molecule has 0 saturated heterocycles. The average molecular weight is 383 g/mol. The fraction of sp³-hybridized carbons (Fsp3) is 0.150. The Morgan fingerprint density at radius 3 is 2.59 bits per heavy atom. The van der Waals surface area contributed by atoms with Crippen LogP contribution in [0, 0.1) is 33.8 Å². The van der Waals surface area contributed by atoms with Crippen LogP contribution in [0.4, 0.5) is 5.69 Å². The predicted molar refractivity (Wildman–Crippen MR) is 104 cm³/mol. The van der Waals surface area contributed by atoms with Crippen molar-refractivity contribution < 1.29 is 14.4 Å². The SMILES string of the molecule is C#CCOc1c(Cl)cc(/C=C(/C#N)c2ccc([N+](=O)[O-])cc2)cc1OCC. The van der Waals surface area contributed by atoms with E-state index in [0.717, 1.165) is 0 Å². The topological polar surface area (TPSA) is 85.4 Å². The molecule has 2 aromatic carbocycles. The molecule has 0 fully saturated rings. The highest BCUT2D eigenvalue weighted by atomic mass is 35.5. The van der Waals surface area contributed by atoms with Crippen molar-refractivity contribution in [3.8, 4) is 29.9 Å². The second kappa shape index (κ2) is 9.28. The molecule has 0 aliphatic carbocycles. The molecule has 0 amide bonds. The molecule has 0 saturated carbocycles. The van der Waals surface area contributed by atoms with Crippen LogP contribution in [-0.2, 0) is 0 Å². The van der Waals surface area contributed by atoms with E-state index < -0.39 is 4.92 Å². The number of nitro groups is 1. The van der Waals surface area contributed by atoms with Gasteiger partial charge in [-0.1, -0.05) is 17.5 Å². The number of hydrogen-bond acceptors (Lipinski definition) is 5. The molecule has 2 aromatic rings. The van der Waals surface area contributed by atoms with Gasteiger partial charge in [0.1, 0.15) is 6.61 Å². The highest BCUT2D eigenvalue weighted by Crippen LogP contribution is 2.37. The molecule has 0 radical (unpaired) electrons. The molecule has 0 bridgehead atoms. The average Bonchev–Trinajstić information content (AvgIpc) is 2.66. The van der Waals surface area contributed by atoms with Gasteiger partial charge in [0, 0.05) is 12.1 Å². The molecule has 0 aliphatic rings. The zero-order valence-electron chi connectivity index (χ0n) is 14.4. The van der Waals surface area contributed by atoms with Crippen molar-refractivity contribution in [3.63, 3.8) is 0 Å². The number of terminal acetylenes is 1. The van der Waals surface area contributed by atoms with E-state index >= 15 is 0 Å². The molecule has 7 heteroatoms. The highest BCUT2D eigenvalue weighted by molar-refractivity contribution is 6.32. The smallest absolute Gasteiger partial charge is 0.269 e.